The second kappa shape index (κ2) is 6.08. The Bertz CT molecular complexity index is 533. The first kappa shape index (κ1) is 16.2. The van der Waals surface area contributed by atoms with Gasteiger partial charge in [0.1, 0.15) is 11.9 Å². The van der Waals surface area contributed by atoms with Crippen LogP contribution in [0.1, 0.15) is 5.56 Å². The minimum Gasteiger partial charge on any atom is -0.480 e. The molecule has 1 aromatic rings. The van der Waals surface area contributed by atoms with Crippen LogP contribution in [0.2, 0.25) is 5.02 Å². The SMILES string of the molecule is O=C(O)[C@@H](Cc1cc(Cl)ccc1F)NC(=O)C(F)(F)F. The fourth-order valence-electron chi connectivity index (χ4n) is 1.36. The molecule has 1 amide bonds. The third-order valence-electron chi connectivity index (χ3n) is 2.29. The minimum atomic E-state index is -5.22. The summed E-state index contributed by atoms with van der Waals surface area (Å²) in [6, 6.07) is 1.30. The van der Waals surface area contributed by atoms with Gasteiger partial charge in [-0.05, 0) is 23.8 Å². The molecule has 1 atom stereocenters. The smallest absolute Gasteiger partial charge is 0.471 e. The van der Waals surface area contributed by atoms with Gasteiger partial charge in [-0.25, -0.2) is 9.18 Å². The zero-order valence-electron chi connectivity index (χ0n) is 9.67. The van der Waals surface area contributed by atoms with Crippen LogP contribution in [0.15, 0.2) is 18.2 Å². The summed E-state index contributed by atoms with van der Waals surface area (Å²) in [7, 11) is 0. The Hall–Kier alpha value is -1.83. The normalized spacial score (nSPS) is 12.8. The van der Waals surface area contributed by atoms with Crippen LogP contribution in [0, 0.1) is 5.82 Å². The monoisotopic (exact) mass is 313 g/mol. The van der Waals surface area contributed by atoms with Crippen molar-refractivity contribution in [2.45, 2.75) is 18.6 Å². The quantitative estimate of drug-likeness (QED) is 0.837. The van der Waals surface area contributed by atoms with Gasteiger partial charge in [-0.1, -0.05) is 11.6 Å². The molecule has 0 saturated carbocycles. The number of rotatable bonds is 4. The summed E-state index contributed by atoms with van der Waals surface area (Å²) in [5, 5.41) is 10.1. The number of nitrogens with one attached hydrogen (secondary N) is 1. The third-order valence-corrected chi connectivity index (χ3v) is 2.53. The second-order valence-corrected chi connectivity index (χ2v) is 4.24. The van der Waals surface area contributed by atoms with Crippen molar-refractivity contribution in [1.29, 1.82) is 0 Å². The summed E-state index contributed by atoms with van der Waals surface area (Å²) in [6.45, 7) is 0. The predicted octanol–water partition coefficient (Wildman–Crippen LogP) is 2.15. The van der Waals surface area contributed by atoms with E-state index in [1.165, 1.54) is 11.4 Å². The van der Waals surface area contributed by atoms with Gasteiger partial charge in [-0.3, -0.25) is 4.79 Å². The molecule has 0 spiro atoms. The third kappa shape index (κ3) is 4.37. The first-order valence-corrected chi connectivity index (χ1v) is 5.53. The van der Waals surface area contributed by atoms with Crippen LogP contribution in [0.4, 0.5) is 17.6 Å². The van der Waals surface area contributed by atoms with Crippen LogP contribution in [0.3, 0.4) is 0 Å². The summed E-state index contributed by atoms with van der Waals surface area (Å²) in [6.07, 6.45) is -5.88. The lowest BCUT2D eigenvalue weighted by Gasteiger charge is -2.16. The maximum Gasteiger partial charge on any atom is 0.471 e. The molecule has 0 aliphatic heterocycles. The maximum atomic E-state index is 13.4. The van der Waals surface area contributed by atoms with Crippen LogP contribution in [-0.2, 0) is 16.0 Å². The lowest BCUT2D eigenvalue weighted by atomic mass is 10.1. The van der Waals surface area contributed by atoms with Crippen LogP contribution >= 0.6 is 11.6 Å². The van der Waals surface area contributed by atoms with Crippen molar-refractivity contribution >= 4 is 23.5 Å². The van der Waals surface area contributed by atoms with Crippen LogP contribution in [-0.4, -0.2) is 29.2 Å². The molecule has 0 unspecified atom stereocenters. The number of benzene rings is 1. The molecule has 9 heteroatoms. The Balaban J connectivity index is 2.91. The number of alkyl halides is 3. The van der Waals surface area contributed by atoms with Gasteiger partial charge in [-0.15, -0.1) is 0 Å². The second-order valence-electron chi connectivity index (χ2n) is 3.80. The number of amides is 1. The van der Waals surface area contributed by atoms with E-state index < -0.39 is 36.3 Å². The van der Waals surface area contributed by atoms with E-state index in [0.717, 1.165) is 12.1 Å². The first-order valence-electron chi connectivity index (χ1n) is 5.15. The van der Waals surface area contributed by atoms with Crippen molar-refractivity contribution in [3.63, 3.8) is 0 Å². The van der Waals surface area contributed by atoms with E-state index in [-0.39, 0.29) is 10.6 Å². The number of carboxylic acid groups (broad SMARTS) is 1. The van der Waals surface area contributed by atoms with E-state index in [2.05, 4.69) is 0 Å². The van der Waals surface area contributed by atoms with Gasteiger partial charge in [0.05, 0.1) is 0 Å². The minimum absolute atomic E-state index is 0.0905. The Morgan fingerprint density at radius 1 is 1.35 bits per heavy atom. The predicted molar refractivity (Wildman–Crippen MR) is 60.7 cm³/mol. The molecule has 0 radical (unpaired) electrons. The van der Waals surface area contributed by atoms with Crippen molar-refractivity contribution in [1.82, 2.24) is 5.32 Å². The van der Waals surface area contributed by atoms with Gasteiger partial charge in [0.15, 0.2) is 0 Å². The highest BCUT2D eigenvalue weighted by Gasteiger charge is 2.40. The fourth-order valence-corrected chi connectivity index (χ4v) is 1.55. The molecule has 20 heavy (non-hydrogen) atoms. The number of carbonyl (C=O) groups is 2. The molecule has 1 rings (SSSR count). The maximum absolute atomic E-state index is 13.4. The highest BCUT2D eigenvalue weighted by molar-refractivity contribution is 6.30. The standard InChI is InChI=1S/C11H8ClF4NO3/c12-6-1-2-7(13)5(3-6)4-8(9(18)19)17-10(20)11(14,15)16/h1-3,8H,4H2,(H,17,20)(H,18,19)/t8-/m1/s1. The van der Waals surface area contributed by atoms with Crippen LogP contribution < -0.4 is 5.32 Å². The fraction of sp³-hybridized carbons (Fsp3) is 0.273. The largest absolute Gasteiger partial charge is 0.480 e. The van der Waals surface area contributed by atoms with Crippen molar-refractivity contribution in [3.8, 4) is 0 Å². The van der Waals surface area contributed by atoms with E-state index in [1.54, 1.807) is 0 Å². The molecule has 1 aromatic carbocycles. The van der Waals surface area contributed by atoms with Crippen molar-refractivity contribution in [2.24, 2.45) is 0 Å². The van der Waals surface area contributed by atoms with Gasteiger partial charge in [0.25, 0.3) is 0 Å². The Kier molecular flexibility index (Phi) is 4.93. The highest BCUT2D eigenvalue weighted by Crippen LogP contribution is 2.18. The molecular formula is C11H8ClF4NO3. The van der Waals surface area contributed by atoms with E-state index in [9.17, 15) is 27.2 Å². The van der Waals surface area contributed by atoms with Gasteiger partial charge >= 0.3 is 18.1 Å². The summed E-state index contributed by atoms with van der Waals surface area (Å²) < 4.78 is 49.5. The molecule has 4 nitrogen and oxygen atoms in total. The number of aliphatic carboxylic acids is 1. The summed E-state index contributed by atoms with van der Waals surface area (Å²) >= 11 is 5.58. The lowest BCUT2D eigenvalue weighted by Crippen LogP contribution is -2.48. The lowest BCUT2D eigenvalue weighted by molar-refractivity contribution is -0.175. The van der Waals surface area contributed by atoms with E-state index in [0.29, 0.717) is 0 Å². The number of halogens is 5. The average molecular weight is 314 g/mol. The number of hydrogen-bond donors (Lipinski definition) is 2. The van der Waals surface area contributed by atoms with Gasteiger partial charge in [0, 0.05) is 11.4 Å². The number of carbonyl (C=O) groups excluding carboxylic acids is 1. The molecular weight excluding hydrogens is 306 g/mol. The summed E-state index contributed by atoms with van der Waals surface area (Å²) in [4.78, 5) is 21.5. The highest BCUT2D eigenvalue weighted by atomic mass is 35.5. The van der Waals surface area contributed by atoms with Crippen molar-refractivity contribution in [2.75, 3.05) is 0 Å². The van der Waals surface area contributed by atoms with Crippen LogP contribution in [0.25, 0.3) is 0 Å². The zero-order chi connectivity index (χ0) is 15.5. The van der Waals surface area contributed by atoms with Gasteiger partial charge in [-0.2, -0.15) is 13.2 Å². The molecule has 0 heterocycles. The zero-order valence-corrected chi connectivity index (χ0v) is 10.4. The Morgan fingerprint density at radius 3 is 2.45 bits per heavy atom. The van der Waals surface area contributed by atoms with E-state index >= 15 is 0 Å². The molecule has 0 aromatic heterocycles. The van der Waals surface area contributed by atoms with E-state index in [4.69, 9.17) is 16.7 Å². The molecule has 0 saturated heterocycles. The molecule has 0 bridgehead atoms. The van der Waals surface area contributed by atoms with Gasteiger partial charge < -0.3 is 10.4 Å². The summed E-state index contributed by atoms with van der Waals surface area (Å²) in [5.74, 6) is -4.96. The van der Waals surface area contributed by atoms with Gasteiger partial charge in [0.2, 0.25) is 0 Å². The van der Waals surface area contributed by atoms with Crippen molar-refractivity contribution < 1.29 is 32.3 Å². The molecule has 110 valence electrons. The van der Waals surface area contributed by atoms with E-state index in [1.807, 2.05) is 0 Å². The number of hydrogen-bond acceptors (Lipinski definition) is 2. The molecule has 0 aliphatic carbocycles. The molecule has 0 fully saturated rings. The van der Waals surface area contributed by atoms with Crippen molar-refractivity contribution in [3.05, 3.63) is 34.6 Å². The Morgan fingerprint density at radius 2 is 1.95 bits per heavy atom. The topological polar surface area (TPSA) is 66.4 Å². The van der Waals surface area contributed by atoms with Crippen LogP contribution in [0.5, 0.6) is 0 Å². The number of carboxylic acids is 1. The first-order chi connectivity index (χ1) is 9.11. The Labute approximate surface area is 115 Å². The molecule has 0 aliphatic rings. The molecule has 2 N–H and O–H groups in total. The summed E-state index contributed by atoms with van der Waals surface area (Å²) in [5.41, 5.74) is -0.215. The average Bonchev–Trinajstić information content (AvgIpc) is 2.31.